The van der Waals surface area contributed by atoms with Gasteiger partial charge in [0.25, 0.3) is 0 Å². The summed E-state index contributed by atoms with van der Waals surface area (Å²) in [6.07, 6.45) is 1.15. The largest absolute Gasteiger partial charge is 0.352 e. The van der Waals surface area contributed by atoms with Crippen LogP contribution in [0.1, 0.15) is 18.5 Å². The number of amides is 1. The smallest absolute Gasteiger partial charge is 0.220 e. The Labute approximate surface area is 143 Å². The van der Waals surface area contributed by atoms with Crippen molar-refractivity contribution < 1.29 is 17.6 Å². The van der Waals surface area contributed by atoms with Gasteiger partial charge in [-0.15, -0.1) is 11.3 Å². The summed E-state index contributed by atoms with van der Waals surface area (Å²) in [5, 5.41) is 5.15. The fourth-order valence-electron chi connectivity index (χ4n) is 2.63. The zero-order valence-corrected chi connectivity index (χ0v) is 14.5. The lowest BCUT2D eigenvalue weighted by molar-refractivity contribution is -0.121. The molecule has 1 aromatic heterocycles. The van der Waals surface area contributed by atoms with Crippen molar-refractivity contribution in [2.24, 2.45) is 0 Å². The van der Waals surface area contributed by atoms with Crippen LogP contribution in [-0.4, -0.2) is 36.9 Å². The van der Waals surface area contributed by atoms with Crippen molar-refractivity contribution in [1.29, 1.82) is 0 Å². The SMILES string of the molecule is O=C(CCc1csc(-c2ccccc2F)n1)NC1CCS(=O)(=O)C1. The number of hydrogen-bond donors (Lipinski definition) is 1. The molecule has 0 radical (unpaired) electrons. The second-order valence-electron chi connectivity index (χ2n) is 5.79. The highest BCUT2D eigenvalue weighted by atomic mass is 32.2. The Balaban J connectivity index is 1.54. The second kappa shape index (κ2) is 6.98. The molecular weight excluding hydrogens is 351 g/mol. The average molecular weight is 368 g/mol. The number of hydrogen-bond acceptors (Lipinski definition) is 5. The first-order valence-electron chi connectivity index (χ1n) is 7.62. The van der Waals surface area contributed by atoms with Crippen molar-refractivity contribution in [1.82, 2.24) is 10.3 Å². The highest BCUT2D eigenvalue weighted by Crippen LogP contribution is 2.26. The summed E-state index contributed by atoms with van der Waals surface area (Å²) in [6.45, 7) is 0. The number of aromatic nitrogens is 1. The number of benzene rings is 1. The summed E-state index contributed by atoms with van der Waals surface area (Å²) in [7, 11) is -3.00. The molecule has 1 N–H and O–H groups in total. The summed E-state index contributed by atoms with van der Waals surface area (Å²) < 4.78 is 36.5. The molecule has 0 bridgehead atoms. The van der Waals surface area contributed by atoms with Gasteiger partial charge in [0.2, 0.25) is 5.91 Å². The van der Waals surface area contributed by atoms with Crippen LogP contribution in [0.5, 0.6) is 0 Å². The van der Waals surface area contributed by atoms with E-state index >= 15 is 0 Å². The minimum atomic E-state index is -3.00. The Morgan fingerprint density at radius 3 is 2.88 bits per heavy atom. The van der Waals surface area contributed by atoms with Crippen molar-refractivity contribution in [3.8, 4) is 10.6 Å². The molecule has 0 saturated carbocycles. The lowest BCUT2D eigenvalue weighted by atomic mass is 10.2. The summed E-state index contributed by atoms with van der Waals surface area (Å²) in [6, 6.07) is 6.15. The summed E-state index contributed by atoms with van der Waals surface area (Å²) in [5.74, 6) is -0.348. The first-order chi connectivity index (χ1) is 11.4. The number of carbonyl (C=O) groups is 1. The Hall–Kier alpha value is -1.80. The van der Waals surface area contributed by atoms with Crippen LogP contribution < -0.4 is 5.32 Å². The van der Waals surface area contributed by atoms with Gasteiger partial charge in [0.15, 0.2) is 9.84 Å². The molecule has 1 saturated heterocycles. The number of aryl methyl sites for hydroxylation is 1. The van der Waals surface area contributed by atoms with E-state index in [2.05, 4.69) is 10.3 Å². The molecular formula is C16H17FN2O3S2. The zero-order chi connectivity index (χ0) is 17.2. The Morgan fingerprint density at radius 2 is 2.17 bits per heavy atom. The molecule has 1 atom stereocenters. The first kappa shape index (κ1) is 17.0. The summed E-state index contributed by atoms with van der Waals surface area (Å²) >= 11 is 1.34. The van der Waals surface area contributed by atoms with Gasteiger partial charge in [0.05, 0.1) is 17.2 Å². The molecule has 0 aliphatic carbocycles. The minimum Gasteiger partial charge on any atom is -0.352 e. The molecule has 1 aliphatic rings. The third-order valence-corrected chi connectivity index (χ3v) is 6.55. The van der Waals surface area contributed by atoms with Gasteiger partial charge < -0.3 is 5.32 Å². The van der Waals surface area contributed by atoms with Gasteiger partial charge in [0.1, 0.15) is 10.8 Å². The minimum absolute atomic E-state index is 0.0207. The van der Waals surface area contributed by atoms with Crippen molar-refractivity contribution in [2.75, 3.05) is 11.5 Å². The van der Waals surface area contributed by atoms with Gasteiger partial charge in [-0.1, -0.05) is 12.1 Å². The normalized spacial score (nSPS) is 19.3. The molecule has 1 amide bonds. The average Bonchev–Trinajstić information content (AvgIpc) is 3.12. The van der Waals surface area contributed by atoms with Crippen molar-refractivity contribution in [2.45, 2.75) is 25.3 Å². The van der Waals surface area contributed by atoms with Crippen LogP contribution in [0.3, 0.4) is 0 Å². The lowest BCUT2D eigenvalue weighted by Gasteiger charge is -2.10. The van der Waals surface area contributed by atoms with Gasteiger partial charge in [-0.25, -0.2) is 17.8 Å². The van der Waals surface area contributed by atoms with E-state index in [-0.39, 0.29) is 35.7 Å². The molecule has 24 heavy (non-hydrogen) atoms. The molecule has 2 aromatic rings. The van der Waals surface area contributed by atoms with Crippen LogP contribution >= 0.6 is 11.3 Å². The van der Waals surface area contributed by atoms with Gasteiger partial charge in [-0.3, -0.25) is 4.79 Å². The molecule has 5 nitrogen and oxygen atoms in total. The first-order valence-corrected chi connectivity index (χ1v) is 10.3. The van der Waals surface area contributed by atoms with Gasteiger partial charge in [-0.05, 0) is 25.0 Å². The molecule has 3 rings (SSSR count). The van der Waals surface area contributed by atoms with Crippen LogP contribution in [0.4, 0.5) is 4.39 Å². The predicted octanol–water partition coefficient (Wildman–Crippen LogP) is 2.19. The van der Waals surface area contributed by atoms with Crippen LogP contribution in [0.25, 0.3) is 10.6 Å². The topological polar surface area (TPSA) is 76.1 Å². The highest BCUT2D eigenvalue weighted by Gasteiger charge is 2.28. The molecule has 1 unspecified atom stereocenters. The van der Waals surface area contributed by atoms with E-state index in [1.165, 1.54) is 17.4 Å². The van der Waals surface area contributed by atoms with Crippen molar-refractivity contribution in [3.63, 3.8) is 0 Å². The maximum atomic E-state index is 13.7. The number of thiazole rings is 1. The van der Waals surface area contributed by atoms with Crippen LogP contribution in [0.2, 0.25) is 0 Å². The van der Waals surface area contributed by atoms with Gasteiger partial charge >= 0.3 is 0 Å². The highest BCUT2D eigenvalue weighted by molar-refractivity contribution is 7.91. The third kappa shape index (κ3) is 4.18. The van der Waals surface area contributed by atoms with Gasteiger partial charge in [-0.2, -0.15) is 0 Å². The van der Waals surface area contributed by atoms with E-state index in [0.29, 0.717) is 23.4 Å². The zero-order valence-electron chi connectivity index (χ0n) is 12.9. The fraction of sp³-hybridized carbons (Fsp3) is 0.375. The Morgan fingerprint density at radius 1 is 1.38 bits per heavy atom. The van der Waals surface area contributed by atoms with E-state index in [1.807, 2.05) is 5.38 Å². The number of halogens is 1. The van der Waals surface area contributed by atoms with E-state index in [4.69, 9.17) is 0 Å². The maximum Gasteiger partial charge on any atom is 0.220 e. The van der Waals surface area contributed by atoms with E-state index in [0.717, 1.165) is 5.69 Å². The number of rotatable bonds is 5. The predicted molar refractivity (Wildman–Crippen MR) is 91.0 cm³/mol. The molecule has 1 aliphatic heterocycles. The van der Waals surface area contributed by atoms with Crippen LogP contribution in [-0.2, 0) is 21.1 Å². The lowest BCUT2D eigenvalue weighted by Crippen LogP contribution is -2.35. The van der Waals surface area contributed by atoms with Crippen molar-refractivity contribution in [3.05, 3.63) is 41.2 Å². The summed E-state index contributed by atoms with van der Waals surface area (Å²) in [5.41, 5.74) is 1.18. The van der Waals surface area contributed by atoms with E-state index < -0.39 is 9.84 Å². The molecule has 128 valence electrons. The van der Waals surface area contributed by atoms with Crippen LogP contribution in [0, 0.1) is 5.82 Å². The third-order valence-electron chi connectivity index (χ3n) is 3.86. The fourth-order valence-corrected chi connectivity index (χ4v) is 5.18. The van der Waals surface area contributed by atoms with Crippen molar-refractivity contribution >= 4 is 27.1 Å². The molecule has 1 fully saturated rings. The second-order valence-corrected chi connectivity index (χ2v) is 8.88. The summed E-state index contributed by atoms with van der Waals surface area (Å²) in [4.78, 5) is 16.3. The molecule has 8 heteroatoms. The molecule has 2 heterocycles. The molecule has 1 aromatic carbocycles. The molecule has 0 spiro atoms. The Kier molecular flexibility index (Phi) is 4.96. The standard InChI is InChI=1S/C16H17FN2O3S2/c17-14-4-2-1-3-13(14)16-19-11(9-23-16)5-6-15(20)18-12-7-8-24(21,22)10-12/h1-4,9,12H,5-8,10H2,(H,18,20). The number of sulfone groups is 1. The van der Waals surface area contributed by atoms with Crippen LogP contribution in [0.15, 0.2) is 29.6 Å². The van der Waals surface area contributed by atoms with E-state index in [1.54, 1.807) is 18.2 Å². The number of nitrogens with one attached hydrogen (secondary N) is 1. The monoisotopic (exact) mass is 368 g/mol. The van der Waals surface area contributed by atoms with E-state index in [9.17, 15) is 17.6 Å². The van der Waals surface area contributed by atoms with Gasteiger partial charge in [0, 0.05) is 23.4 Å². The number of nitrogens with zero attached hydrogens (tertiary/aromatic N) is 1. The Bertz CT molecular complexity index is 849. The number of carbonyl (C=O) groups excluding carboxylic acids is 1. The quantitative estimate of drug-likeness (QED) is 0.878. The maximum absolute atomic E-state index is 13.7.